The monoisotopic (exact) mass is 858 g/mol. The van der Waals surface area contributed by atoms with Crippen molar-refractivity contribution in [3.63, 3.8) is 0 Å². The number of benzene rings is 5. The number of ketones is 1. The lowest BCUT2D eigenvalue weighted by Crippen LogP contribution is -2.62. The fourth-order valence-electron chi connectivity index (χ4n) is 7.10. The number of phenolic OH excluding ortho intramolecular Hbond substituents is 10. The molecule has 3 heterocycles. The van der Waals surface area contributed by atoms with Crippen molar-refractivity contribution < 1.29 is 104 Å². The molecule has 1 fully saturated rings. The third kappa shape index (κ3) is 6.81. The number of carbonyl (C=O) groups excluding carboxylic acids is 4. The van der Waals surface area contributed by atoms with Gasteiger partial charge >= 0.3 is 17.9 Å². The summed E-state index contributed by atoms with van der Waals surface area (Å²) in [4.78, 5) is 54.8. The molecule has 3 aliphatic rings. The van der Waals surface area contributed by atoms with Gasteiger partial charge in [-0.2, -0.15) is 0 Å². The van der Waals surface area contributed by atoms with E-state index in [9.17, 15) is 75.3 Å². The molecular weight excluding hydrogens is 828 g/mol. The number of hydrogen-bond acceptors (Lipinski definition) is 21. The molecule has 0 aromatic heterocycles. The molecule has 21 nitrogen and oxygen atoms in total. The Labute approximate surface area is 345 Å². The van der Waals surface area contributed by atoms with Crippen LogP contribution in [-0.2, 0) is 18.9 Å². The van der Waals surface area contributed by atoms with Crippen LogP contribution in [0.1, 0.15) is 59.5 Å². The van der Waals surface area contributed by atoms with E-state index in [2.05, 4.69) is 0 Å². The summed E-state index contributed by atoms with van der Waals surface area (Å²) in [5.41, 5.74) is -4.06. The fraction of sp³-hybridized carbons (Fsp3) is 0.171. The van der Waals surface area contributed by atoms with Gasteiger partial charge < -0.3 is 79.9 Å². The third-order valence-corrected chi connectivity index (χ3v) is 10.1. The average molecular weight is 859 g/mol. The van der Waals surface area contributed by atoms with Crippen LogP contribution < -0.4 is 9.47 Å². The second-order valence-corrected chi connectivity index (χ2v) is 14.0. The average Bonchev–Trinajstić information content (AvgIpc) is 3.23. The van der Waals surface area contributed by atoms with Crippen molar-refractivity contribution in [3.8, 4) is 80.1 Å². The normalized spacial score (nSPS) is 21.7. The first kappa shape index (κ1) is 40.5. The largest absolute Gasteiger partial charge is 0.507 e. The molecule has 11 N–H and O–H groups in total. The number of aliphatic hydroxyl groups is 1. The maximum absolute atomic E-state index is 14.1. The van der Waals surface area contributed by atoms with E-state index in [1.165, 1.54) is 0 Å². The summed E-state index contributed by atoms with van der Waals surface area (Å²) in [6.45, 7) is 0. The number of hydrogen-bond donors (Lipinski definition) is 11. The molecule has 8 rings (SSSR count). The summed E-state index contributed by atoms with van der Waals surface area (Å²) in [7, 11) is 0. The van der Waals surface area contributed by atoms with Crippen molar-refractivity contribution >= 4 is 23.7 Å². The van der Waals surface area contributed by atoms with Gasteiger partial charge in [0.25, 0.3) is 0 Å². The molecule has 0 saturated carbocycles. The Hall–Kier alpha value is -8.30. The van der Waals surface area contributed by atoms with E-state index >= 15 is 0 Å². The standard InChI is InChI=1S/C41H30O21/c42-18-8-15(9-25-28(18)19(43)12-24(58-25)13-4-2-1-3-5-13)57-40-34(53)35(59-37(54)14-6-20(44)29(48)21(45)7-14)36-41(62-40)61-39(56)17-11-23(47)31(50)33(52)27(17)26-16(38(55)60-36)10-22(46)30(49)32(26)51/h1-11,24,34-36,40-42,44-53H,12H2/t24?,34-,35-,36-,40-,41+/m1/s1. The van der Waals surface area contributed by atoms with Gasteiger partial charge in [-0.3, -0.25) is 9.53 Å². The highest BCUT2D eigenvalue weighted by atomic mass is 16.8. The molecular formula is C41H30O21. The Morgan fingerprint density at radius 3 is 1.77 bits per heavy atom. The molecule has 0 amide bonds. The van der Waals surface area contributed by atoms with Crippen molar-refractivity contribution in [1.82, 2.24) is 0 Å². The van der Waals surface area contributed by atoms with E-state index in [0.717, 1.165) is 12.1 Å². The molecule has 0 aliphatic carbocycles. The summed E-state index contributed by atoms with van der Waals surface area (Å²) >= 11 is 0. The van der Waals surface area contributed by atoms with E-state index in [0.29, 0.717) is 29.8 Å². The van der Waals surface area contributed by atoms with Crippen LogP contribution in [0.2, 0.25) is 0 Å². The highest BCUT2D eigenvalue weighted by Gasteiger charge is 2.54. The van der Waals surface area contributed by atoms with E-state index in [-0.39, 0.29) is 23.5 Å². The van der Waals surface area contributed by atoms with Gasteiger partial charge in [-0.25, -0.2) is 14.4 Å². The Bertz CT molecular complexity index is 2690. The fourth-order valence-corrected chi connectivity index (χ4v) is 7.10. The second-order valence-electron chi connectivity index (χ2n) is 14.0. The van der Waals surface area contributed by atoms with Gasteiger partial charge in [0.15, 0.2) is 58.2 Å². The number of Topliss-reactive ketones (excluding diaryl/α,β-unsaturated/α-hetero) is 1. The Kier molecular flexibility index (Phi) is 9.83. The number of aromatic hydroxyl groups is 10. The SMILES string of the molecule is O=C(O[C@@H]1[C@@H](O)[C@H](Oc2cc(O)c3c(c2)OC(c2ccccc2)CC3=O)O[C@@H]2OC(=O)c3cc(O)c(O)c(O)c3-c3c(cc(O)c(O)c3O)C(=O)O[C@@H]21)c1cc(O)c(O)c(O)c1. The van der Waals surface area contributed by atoms with Crippen LogP contribution in [0.5, 0.6) is 69.0 Å². The summed E-state index contributed by atoms with van der Waals surface area (Å²) in [6, 6.07) is 13.0. The number of aliphatic hydroxyl groups excluding tert-OH is 1. The minimum absolute atomic E-state index is 0.144. The Balaban J connectivity index is 1.23. The number of rotatable bonds is 5. The molecule has 5 aromatic carbocycles. The van der Waals surface area contributed by atoms with Gasteiger partial charge in [-0.1, -0.05) is 30.3 Å². The zero-order chi connectivity index (χ0) is 44.5. The van der Waals surface area contributed by atoms with Gasteiger partial charge in [0.1, 0.15) is 28.9 Å². The van der Waals surface area contributed by atoms with Crippen LogP contribution in [0.15, 0.2) is 66.7 Å². The van der Waals surface area contributed by atoms with Crippen LogP contribution in [0.4, 0.5) is 0 Å². The third-order valence-electron chi connectivity index (χ3n) is 10.1. The molecule has 5 aromatic rings. The van der Waals surface area contributed by atoms with Crippen molar-refractivity contribution in [3.05, 3.63) is 94.5 Å². The first-order chi connectivity index (χ1) is 29.4. The number of phenols is 10. The quantitative estimate of drug-likeness (QED) is 0.0687. The Morgan fingerprint density at radius 2 is 1.18 bits per heavy atom. The number of ether oxygens (including phenoxy) is 6. The van der Waals surface area contributed by atoms with E-state index in [4.69, 9.17) is 28.4 Å². The molecule has 0 spiro atoms. The van der Waals surface area contributed by atoms with Crippen LogP contribution in [0.25, 0.3) is 11.1 Å². The van der Waals surface area contributed by atoms with Crippen molar-refractivity contribution in [1.29, 1.82) is 0 Å². The van der Waals surface area contributed by atoms with E-state index in [1.807, 2.05) is 0 Å². The molecule has 1 unspecified atom stereocenters. The van der Waals surface area contributed by atoms with Crippen LogP contribution in [0, 0.1) is 0 Å². The van der Waals surface area contributed by atoms with Crippen molar-refractivity contribution in [2.45, 2.75) is 43.4 Å². The lowest BCUT2D eigenvalue weighted by Gasteiger charge is -2.42. The minimum atomic E-state index is -2.35. The number of fused-ring (bicyclic) bond motifs is 5. The minimum Gasteiger partial charge on any atom is -0.507 e. The molecule has 0 bridgehead atoms. The number of esters is 3. The van der Waals surface area contributed by atoms with Crippen LogP contribution in [0.3, 0.4) is 0 Å². The Morgan fingerprint density at radius 1 is 0.613 bits per heavy atom. The molecule has 62 heavy (non-hydrogen) atoms. The van der Waals surface area contributed by atoms with Gasteiger partial charge in [-0.05, 0) is 29.8 Å². The van der Waals surface area contributed by atoms with E-state index < -0.39 is 146 Å². The summed E-state index contributed by atoms with van der Waals surface area (Å²) in [6.07, 6.45) is -12.3. The zero-order valence-electron chi connectivity index (χ0n) is 31.0. The molecule has 21 heteroatoms. The summed E-state index contributed by atoms with van der Waals surface area (Å²) in [5, 5.41) is 116. The molecule has 6 atom stereocenters. The van der Waals surface area contributed by atoms with Crippen LogP contribution >= 0.6 is 0 Å². The van der Waals surface area contributed by atoms with E-state index in [1.54, 1.807) is 30.3 Å². The van der Waals surface area contributed by atoms with Crippen molar-refractivity contribution in [2.75, 3.05) is 0 Å². The molecule has 1 saturated heterocycles. The van der Waals surface area contributed by atoms with Gasteiger partial charge in [0, 0.05) is 23.3 Å². The molecule has 320 valence electrons. The predicted molar refractivity (Wildman–Crippen MR) is 199 cm³/mol. The van der Waals surface area contributed by atoms with Gasteiger partial charge in [-0.15, -0.1) is 0 Å². The second kappa shape index (κ2) is 15.1. The first-order valence-electron chi connectivity index (χ1n) is 18.0. The number of carbonyl (C=O) groups is 4. The molecule has 3 aliphatic heterocycles. The van der Waals surface area contributed by atoms with Crippen LogP contribution in [-0.4, -0.2) is 111 Å². The maximum atomic E-state index is 14.1. The highest BCUT2D eigenvalue weighted by molar-refractivity contribution is 6.08. The lowest BCUT2D eigenvalue weighted by molar-refractivity contribution is -0.317. The maximum Gasteiger partial charge on any atom is 0.341 e. The van der Waals surface area contributed by atoms with Gasteiger partial charge in [0.05, 0.1) is 23.1 Å². The van der Waals surface area contributed by atoms with Gasteiger partial charge in [0.2, 0.25) is 30.2 Å². The highest BCUT2D eigenvalue weighted by Crippen LogP contribution is 2.53. The molecule has 0 radical (unpaired) electrons. The lowest BCUT2D eigenvalue weighted by atomic mass is 9.91. The summed E-state index contributed by atoms with van der Waals surface area (Å²) < 4.78 is 34.2. The topological polar surface area (TPSA) is 346 Å². The van der Waals surface area contributed by atoms with Crippen molar-refractivity contribution in [2.24, 2.45) is 0 Å². The summed E-state index contributed by atoms with van der Waals surface area (Å²) in [5.74, 6) is -17.0. The zero-order valence-corrected chi connectivity index (χ0v) is 31.0. The predicted octanol–water partition coefficient (Wildman–Crippen LogP) is 3.16. The smallest absolute Gasteiger partial charge is 0.341 e. The first-order valence-corrected chi connectivity index (χ1v) is 18.0.